The maximum Gasteiger partial charge on any atom is 0.272 e. The zero-order valence-corrected chi connectivity index (χ0v) is 9.89. The Bertz CT molecular complexity index is 503. The van der Waals surface area contributed by atoms with Crippen LogP contribution in [0.4, 0.5) is 15.8 Å². The first-order chi connectivity index (χ1) is 9.08. The van der Waals surface area contributed by atoms with Gasteiger partial charge < -0.3 is 15.4 Å². The number of morpholine rings is 1. The standard InChI is InChI=1S/C11H12FN3O4/c12-8-5-7(15(17)18)1-2-9(8)14-11(16)10-6-19-4-3-13-10/h1-2,5,10,13H,3-4,6H2,(H,14,16). The van der Waals surface area contributed by atoms with Gasteiger partial charge in [-0.3, -0.25) is 14.9 Å². The molecular weight excluding hydrogens is 257 g/mol. The number of rotatable bonds is 3. The topological polar surface area (TPSA) is 93.5 Å². The van der Waals surface area contributed by atoms with E-state index in [4.69, 9.17) is 4.74 Å². The SMILES string of the molecule is O=C(Nc1ccc([N+](=O)[O-])cc1F)C1COCCN1. The Morgan fingerprint density at radius 1 is 1.58 bits per heavy atom. The largest absolute Gasteiger partial charge is 0.378 e. The summed E-state index contributed by atoms with van der Waals surface area (Å²) in [6.07, 6.45) is 0. The van der Waals surface area contributed by atoms with E-state index < -0.39 is 22.7 Å². The van der Waals surface area contributed by atoms with Gasteiger partial charge in [-0.05, 0) is 6.07 Å². The van der Waals surface area contributed by atoms with Crippen molar-refractivity contribution in [2.75, 3.05) is 25.1 Å². The van der Waals surface area contributed by atoms with Crippen LogP contribution in [0.3, 0.4) is 0 Å². The van der Waals surface area contributed by atoms with Crippen molar-refractivity contribution >= 4 is 17.3 Å². The van der Waals surface area contributed by atoms with Crippen molar-refractivity contribution in [1.29, 1.82) is 0 Å². The van der Waals surface area contributed by atoms with Gasteiger partial charge in [0.05, 0.1) is 29.9 Å². The van der Waals surface area contributed by atoms with Crippen molar-refractivity contribution in [2.24, 2.45) is 0 Å². The van der Waals surface area contributed by atoms with Crippen molar-refractivity contribution in [3.05, 3.63) is 34.1 Å². The molecule has 1 heterocycles. The molecule has 1 aromatic rings. The summed E-state index contributed by atoms with van der Waals surface area (Å²) in [5.74, 6) is -1.29. The molecule has 0 aliphatic carbocycles. The van der Waals surface area contributed by atoms with Gasteiger partial charge in [-0.25, -0.2) is 4.39 Å². The molecule has 0 bridgehead atoms. The Hall–Kier alpha value is -2.06. The number of hydrogen-bond donors (Lipinski definition) is 2. The highest BCUT2D eigenvalue weighted by molar-refractivity contribution is 5.95. The third-order valence-electron chi connectivity index (χ3n) is 2.66. The first-order valence-electron chi connectivity index (χ1n) is 5.64. The molecule has 0 aromatic heterocycles. The first-order valence-corrected chi connectivity index (χ1v) is 5.64. The molecule has 7 nitrogen and oxygen atoms in total. The second-order valence-electron chi connectivity index (χ2n) is 3.99. The number of benzene rings is 1. The monoisotopic (exact) mass is 269 g/mol. The number of non-ortho nitro benzene ring substituents is 1. The molecule has 2 rings (SSSR count). The van der Waals surface area contributed by atoms with Crippen molar-refractivity contribution in [3.8, 4) is 0 Å². The van der Waals surface area contributed by atoms with E-state index in [0.717, 1.165) is 18.2 Å². The third-order valence-corrected chi connectivity index (χ3v) is 2.66. The van der Waals surface area contributed by atoms with Crippen LogP contribution < -0.4 is 10.6 Å². The normalized spacial score (nSPS) is 18.9. The molecule has 1 fully saturated rings. The van der Waals surface area contributed by atoms with E-state index >= 15 is 0 Å². The zero-order valence-electron chi connectivity index (χ0n) is 9.89. The van der Waals surface area contributed by atoms with Crippen molar-refractivity contribution < 1.29 is 18.8 Å². The summed E-state index contributed by atoms with van der Waals surface area (Å²) in [5, 5.41) is 15.7. The molecule has 102 valence electrons. The second-order valence-corrected chi connectivity index (χ2v) is 3.99. The maximum absolute atomic E-state index is 13.6. The minimum atomic E-state index is -0.848. The number of amides is 1. The molecule has 0 spiro atoms. The fourth-order valence-electron chi connectivity index (χ4n) is 1.67. The van der Waals surface area contributed by atoms with E-state index in [2.05, 4.69) is 10.6 Å². The number of carbonyl (C=O) groups is 1. The molecule has 1 amide bonds. The van der Waals surface area contributed by atoms with Crippen LogP contribution in [0.15, 0.2) is 18.2 Å². The number of ether oxygens (including phenoxy) is 1. The van der Waals surface area contributed by atoms with Crippen LogP contribution >= 0.6 is 0 Å². The van der Waals surface area contributed by atoms with E-state index in [9.17, 15) is 19.3 Å². The van der Waals surface area contributed by atoms with Crippen LogP contribution in [0, 0.1) is 15.9 Å². The molecule has 1 unspecified atom stereocenters. The van der Waals surface area contributed by atoms with E-state index in [1.807, 2.05) is 0 Å². The molecule has 1 atom stereocenters. The fourth-order valence-corrected chi connectivity index (χ4v) is 1.67. The smallest absolute Gasteiger partial charge is 0.272 e. The van der Waals surface area contributed by atoms with Gasteiger partial charge in [-0.15, -0.1) is 0 Å². The number of anilines is 1. The van der Waals surface area contributed by atoms with Crippen LogP contribution in [0.25, 0.3) is 0 Å². The summed E-state index contributed by atoms with van der Waals surface area (Å²) >= 11 is 0. The highest BCUT2D eigenvalue weighted by Gasteiger charge is 2.22. The van der Waals surface area contributed by atoms with Crippen molar-refractivity contribution in [3.63, 3.8) is 0 Å². The van der Waals surface area contributed by atoms with Crippen LogP contribution in [0.5, 0.6) is 0 Å². The van der Waals surface area contributed by atoms with Gasteiger partial charge in [-0.2, -0.15) is 0 Å². The minimum Gasteiger partial charge on any atom is -0.378 e. The quantitative estimate of drug-likeness (QED) is 0.621. The predicted molar refractivity (Wildman–Crippen MR) is 64.3 cm³/mol. The van der Waals surface area contributed by atoms with E-state index in [0.29, 0.717) is 13.2 Å². The summed E-state index contributed by atoms with van der Waals surface area (Å²) in [5.41, 5.74) is -0.461. The minimum absolute atomic E-state index is 0.0945. The number of nitrogens with zero attached hydrogens (tertiary/aromatic N) is 1. The number of nitrogens with one attached hydrogen (secondary N) is 2. The Balaban J connectivity index is 2.06. The average molecular weight is 269 g/mol. The van der Waals surface area contributed by atoms with E-state index in [-0.39, 0.29) is 18.0 Å². The molecule has 0 radical (unpaired) electrons. The van der Waals surface area contributed by atoms with Crippen molar-refractivity contribution in [2.45, 2.75) is 6.04 Å². The lowest BCUT2D eigenvalue weighted by Gasteiger charge is -2.22. The number of halogens is 1. The molecule has 1 aromatic carbocycles. The molecule has 1 saturated heterocycles. The zero-order chi connectivity index (χ0) is 13.8. The van der Waals surface area contributed by atoms with Gasteiger partial charge in [0, 0.05) is 12.6 Å². The summed E-state index contributed by atoms with van der Waals surface area (Å²) in [6.45, 7) is 1.27. The molecule has 1 aliphatic rings. The number of hydrogen-bond acceptors (Lipinski definition) is 5. The second kappa shape index (κ2) is 5.72. The molecule has 2 N–H and O–H groups in total. The van der Waals surface area contributed by atoms with Gasteiger partial charge in [0.25, 0.3) is 5.69 Å². The Morgan fingerprint density at radius 3 is 2.95 bits per heavy atom. The first kappa shape index (κ1) is 13.4. The summed E-state index contributed by atoms with van der Waals surface area (Å²) in [6, 6.07) is 2.50. The lowest BCUT2D eigenvalue weighted by Crippen LogP contribution is -2.48. The third kappa shape index (κ3) is 3.24. The van der Waals surface area contributed by atoms with Gasteiger partial charge in [-0.1, -0.05) is 0 Å². The molecular formula is C11H12FN3O4. The van der Waals surface area contributed by atoms with E-state index in [1.54, 1.807) is 0 Å². The summed E-state index contributed by atoms with van der Waals surface area (Å²) in [4.78, 5) is 21.5. The maximum atomic E-state index is 13.6. The van der Waals surface area contributed by atoms with Crippen molar-refractivity contribution in [1.82, 2.24) is 5.32 Å². The highest BCUT2D eigenvalue weighted by atomic mass is 19.1. The molecule has 0 saturated carbocycles. The summed E-state index contributed by atoms with van der Waals surface area (Å²) < 4.78 is 18.7. The van der Waals surface area contributed by atoms with Gasteiger partial charge in [0.1, 0.15) is 6.04 Å². The van der Waals surface area contributed by atoms with E-state index in [1.165, 1.54) is 0 Å². The van der Waals surface area contributed by atoms with Crippen LogP contribution in [0.2, 0.25) is 0 Å². The number of carbonyl (C=O) groups excluding carboxylic acids is 1. The summed E-state index contributed by atoms with van der Waals surface area (Å²) in [7, 11) is 0. The van der Waals surface area contributed by atoms with Gasteiger partial charge >= 0.3 is 0 Å². The van der Waals surface area contributed by atoms with Crippen LogP contribution in [0.1, 0.15) is 0 Å². The Kier molecular flexibility index (Phi) is 4.03. The lowest BCUT2D eigenvalue weighted by molar-refractivity contribution is -0.385. The van der Waals surface area contributed by atoms with Gasteiger partial charge in [0.15, 0.2) is 5.82 Å². The average Bonchev–Trinajstić information content (AvgIpc) is 2.41. The van der Waals surface area contributed by atoms with Gasteiger partial charge in [0.2, 0.25) is 5.91 Å². The lowest BCUT2D eigenvalue weighted by atomic mass is 10.2. The highest BCUT2D eigenvalue weighted by Crippen LogP contribution is 2.20. The number of nitro benzene ring substituents is 1. The number of nitro groups is 1. The van der Waals surface area contributed by atoms with Crippen LogP contribution in [-0.2, 0) is 9.53 Å². The molecule has 8 heteroatoms. The van der Waals surface area contributed by atoms with Crippen LogP contribution in [-0.4, -0.2) is 36.6 Å². The molecule has 1 aliphatic heterocycles. The predicted octanol–water partition coefficient (Wildman–Crippen LogP) is 0.661. The Morgan fingerprint density at radius 2 is 2.37 bits per heavy atom. The molecule has 19 heavy (non-hydrogen) atoms. The fraction of sp³-hybridized carbons (Fsp3) is 0.364. The Labute approximate surface area is 107 Å².